The van der Waals surface area contributed by atoms with Crippen LogP contribution in [0.5, 0.6) is 0 Å². The normalized spacial score (nSPS) is 24.7. The van der Waals surface area contributed by atoms with E-state index in [1.807, 2.05) is 11.8 Å². The fraction of sp³-hybridized carbons (Fsp3) is 0.600. The van der Waals surface area contributed by atoms with E-state index in [2.05, 4.69) is 10.4 Å². The number of hydrogen-bond acceptors (Lipinski definition) is 6. The Kier molecular flexibility index (Phi) is 3.84. The van der Waals surface area contributed by atoms with Gasteiger partial charge >= 0.3 is 0 Å². The number of aliphatic hydroxyl groups is 1. The number of anilines is 1. The number of rotatable bonds is 2. The highest BCUT2D eigenvalue weighted by Gasteiger charge is 2.29. The van der Waals surface area contributed by atoms with E-state index in [-0.39, 0.29) is 23.9 Å². The highest BCUT2D eigenvalue weighted by molar-refractivity contribution is 7.10. The largest absolute Gasteiger partial charge is 0.394 e. The van der Waals surface area contributed by atoms with Gasteiger partial charge in [0.05, 0.1) is 25.4 Å². The number of nitrogens with zero attached hydrogens (tertiary/aromatic N) is 3. The zero-order chi connectivity index (χ0) is 12.4. The Balaban J connectivity index is 2.28. The minimum Gasteiger partial charge on any atom is -0.394 e. The van der Waals surface area contributed by atoms with Crippen LogP contribution in [0.15, 0.2) is 0 Å². The number of aromatic nitrogens is 1. The average molecular weight is 274 g/mol. The first kappa shape index (κ1) is 12.6. The molecule has 1 aromatic heterocycles. The molecule has 0 amide bonds. The summed E-state index contributed by atoms with van der Waals surface area (Å²) in [6.07, 6.45) is -0.224. The molecule has 2 atom stereocenters. The van der Waals surface area contributed by atoms with Gasteiger partial charge in [0.15, 0.2) is 5.15 Å². The number of aliphatic hydroxyl groups excluding tert-OH is 1. The quantitative estimate of drug-likeness (QED) is 0.878. The van der Waals surface area contributed by atoms with Crippen LogP contribution in [0.3, 0.4) is 0 Å². The van der Waals surface area contributed by atoms with Crippen molar-refractivity contribution in [1.82, 2.24) is 4.37 Å². The van der Waals surface area contributed by atoms with Crippen molar-refractivity contribution in [2.24, 2.45) is 0 Å². The number of hydrogen-bond donors (Lipinski definition) is 1. The molecule has 2 unspecified atom stereocenters. The molecule has 0 aromatic carbocycles. The summed E-state index contributed by atoms with van der Waals surface area (Å²) >= 11 is 7.06. The van der Waals surface area contributed by atoms with Crippen LogP contribution in [-0.2, 0) is 4.74 Å². The SMILES string of the molecule is CC1COC(CO)CN1c1snc(Cl)c1C#N. The molecule has 0 saturated carbocycles. The second kappa shape index (κ2) is 5.19. The van der Waals surface area contributed by atoms with Gasteiger partial charge in [-0.15, -0.1) is 0 Å². The van der Waals surface area contributed by atoms with E-state index in [1.165, 1.54) is 11.5 Å². The molecule has 5 nitrogen and oxygen atoms in total. The van der Waals surface area contributed by atoms with E-state index in [0.29, 0.717) is 18.7 Å². The summed E-state index contributed by atoms with van der Waals surface area (Å²) in [4.78, 5) is 2.02. The molecule has 2 rings (SSSR count). The Labute approximate surface area is 108 Å². The predicted octanol–water partition coefficient (Wildman–Crippen LogP) is 1.25. The number of ether oxygens (including phenoxy) is 1. The van der Waals surface area contributed by atoms with Crippen LogP contribution >= 0.6 is 23.1 Å². The number of morpholine rings is 1. The second-order valence-corrected chi connectivity index (χ2v) is 5.01. The molecule has 1 N–H and O–H groups in total. The molecule has 1 aromatic rings. The van der Waals surface area contributed by atoms with Gasteiger partial charge in [0.2, 0.25) is 0 Å². The maximum Gasteiger partial charge on any atom is 0.162 e. The molecule has 92 valence electrons. The monoisotopic (exact) mass is 273 g/mol. The number of nitriles is 1. The van der Waals surface area contributed by atoms with Gasteiger partial charge < -0.3 is 14.7 Å². The average Bonchev–Trinajstić information content (AvgIpc) is 2.71. The van der Waals surface area contributed by atoms with Gasteiger partial charge in [-0.05, 0) is 18.5 Å². The fourth-order valence-electron chi connectivity index (χ4n) is 1.76. The van der Waals surface area contributed by atoms with E-state index in [4.69, 9.17) is 26.7 Å². The minimum atomic E-state index is -0.224. The van der Waals surface area contributed by atoms with Gasteiger partial charge in [-0.25, -0.2) is 0 Å². The van der Waals surface area contributed by atoms with E-state index in [9.17, 15) is 0 Å². The third-order valence-electron chi connectivity index (χ3n) is 2.71. The van der Waals surface area contributed by atoms with Crippen molar-refractivity contribution >= 4 is 28.1 Å². The molecule has 0 radical (unpaired) electrons. The lowest BCUT2D eigenvalue weighted by Crippen LogP contribution is -2.49. The van der Waals surface area contributed by atoms with E-state index >= 15 is 0 Å². The fourth-order valence-corrected chi connectivity index (χ4v) is 2.91. The van der Waals surface area contributed by atoms with Crippen molar-refractivity contribution < 1.29 is 9.84 Å². The van der Waals surface area contributed by atoms with Crippen LogP contribution in [0.2, 0.25) is 5.15 Å². The molecule has 0 spiro atoms. The van der Waals surface area contributed by atoms with Gasteiger partial charge in [0.1, 0.15) is 16.6 Å². The maximum atomic E-state index is 9.12. The first-order chi connectivity index (χ1) is 8.17. The van der Waals surface area contributed by atoms with Gasteiger partial charge in [0, 0.05) is 6.54 Å². The molecular formula is C10H12ClN3O2S. The van der Waals surface area contributed by atoms with Gasteiger partial charge in [0.25, 0.3) is 0 Å². The zero-order valence-electron chi connectivity index (χ0n) is 9.26. The Morgan fingerprint density at radius 2 is 2.53 bits per heavy atom. The van der Waals surface area contributed by atoms with E-state index in [0.717, 1.165) is 5.00 Å². The number of halogens is 1. The topological polar surface area (TPSA) is 69.4 Å². The molecule has 1 saturated heterocycles. The van der Waals surface area contributed by atoms with Crippen LogP contribution in [0.4, 0.5) is 5.00 Å². The summed E-state index contributed by atoms with van der Waals surface area (Å²) in [5.74, 6) is 0. The molecule has 2 heterocycles. The molecule has 17 heavy (non-hydrogen) atoms. The third-order valence-corrected chi connectivity index (χ3v) is 3.97. The van der Waals surface area contributed by atoms with Crippen molar-refractivity contribution in [3.8, 4) is 6.07 Å². The lowest BCUT2D eigenvalue weighted by molar-refractivity contribution is -0.0101. The summed E-state index contributed by atoms with van der Waals surface area (Å²) in [6.45, 7) is 3.04. The Morgan fingerprint density at radius 3 is 3.18 bits per heavy atom. The van der Waals surface area contributed by atoms with Crippen molar-refractivity contribution in [2.75, 3.05) is 24.7 Å². The first-order valence-corrected chi connectivity index (χ1v) is 6.36. The lowest BCUT2D eigenvalue weighted by atomic mass is 10.2. The Morgan fingerprint density at radius 1 is 1.76 bits per heavy atom. The summed E-state index contributed by atoms with van der Waals surface area (Å²) in [7, 11) is 0. The molecule has 1 aliphatic heterocycles. The third kappa shape index (κ3) is 2.38. The van der Waals surface area contributed by atoms with Crippen LogP contribution in [0, 0.1) is 11.3 Å². The molecule has 0 aliphatic carbocycles. The summed E-state index contributed by atoms with van der Waals surface area (Å²) < 4.78 is 9.44. The van der Waals surface area contributed by atoms with Crippen molar-refractivity contribution in [2.45, 2.75) is 19.1 Å². The van der Waals surface area contributed by atoms with Crippen LogP contribution < -0.4 is 4.90 Å². The van der Waals surface area contributed by atoms with Gasteiger partial charge in [-0.2, -0.15) is 9.64 Å². The van der Waals surface area contributed by atoms with Crippen molar-refractivity contribution in [3.05, 3.63) is 10.7 Å². The maximum absolute atomic E-state index is 9.12. The second-order valence-electron chi connectivity index (χ2n) is 3.90. The summed E-state index contributed by atoms with van der Waals surface area (Å²) in [5, 5.41) is 19.2. The van der Waals surface area contributed by atoms with Gasteiger partial charge in [-0.1, -0.05) is 11.6 Å². The molecular weight excluding hydrogens is 262 g/mol. The molecule has 1 fully saturated rings. The standard InChI is InChI=1S/C10H12ClN3O2S/c1-6-5-16-7(4-15)3-14(6)10-8(2-12)9(11)13-17-10/h6-7,15H,3-5H2,1H3. The molecule has 1 aliphatic rings. The molecule has 7 heteroatoms. The van der Waals surface area contributed by atoms with Gasteiger partial charge in [-0.3, -0.25) is 0 Å². The van der Waals surface area contributed by atoms with Crippen molar-refractivity contribution in [3.63, 3.8) is 0 Å². The van der Waals surface area contributed by atoms with Crippen molar-refractivity contribution in [1.29, 1.82) is 5.26 Å². The zero-order valence-corrected chi connectivity index (χ0v) is 10.8. The predicted molar refractivity (Wildman–Crippen MR) is 65.5 cm³/mol. The first-order valence-electron chi connectivity index (χ1n) is 5.21. The molecule has 0 bridgehead atoms. The van der Waals surface area contributed by atoms with Crippen LogP contribution in [-0.4, -0.2) is 41.4 Å². The Hall–Kier alpha value is -0.870. The highest BCUT2D eigenvalue weighted by atomic mass is 35.5. The summed E-state index contributed by atoms with van der Waals surface area (Å²) in [5.41, 5.74) is 0.405. The van der Waals surface area contributed by atoms with E-state index in [1.54, 1.807) is 0 Å². The highest BCUT2D eigenvalue weighted by Crippen LogP contribution is 2.33. The minimum absolute atomic E-state index is 0.0301. The Bertz CT molecular complexity index is 445. The lowest BCUT2D eigenvalue weighted by Gasteiger charge is -2.37. The van der Waals surface area contributed by atoms with Crippen LogP contribution in [0.1, 0.15) is 12.5 Å². The smallest absolute Gasteiger partial charge is 0.162 e. The van der Waals surface area contributed by atoms with Crippen LogP contribution in [0.25, 0.3) is 0 Å². The van der Waals surface area contributed by atoms with E-state index < -0.39 is 0 Å². The summed E-state index contributed by atoms with van der Waals surface area (Å²) in [6, 6.07) is 2.21.